The Morgan fingerprint density at radius 3 is 2.50 bits per heavy atom. The normalized spacial score (nSPS) is 17.4. The average Bonchev–Trinajstić information content (AvgIpc) is 2.30. The molecule has 0 aromatic carbocycles. The van der Waals surface area contributed by atoms with Gasteiger partial charge >= 0.3 is 0 Å². The molecule has 2 heterocycles. The van der Waals surface area contributed by atoms with E-state index in [0.29, 0.717) is 5.82 Å². The van der Waals surface area contributed by atoms with E-state index in [1.165, 1.54) is 6.20 Å². The van der Waals surface area contributed by atoms with Crippen molar-refractivity contribution >= 4 is 17.5 Å². The Morgan fingerprint density at radius 2 is 2.00 bits per heavy atom. The molecule has 6 heteroatoms. The molecular weight excluding hydrogens is 206 g/mol. The molecule has 1 aromatic heterocycles. The highest BCUT2D eigenvalue weighted by atomic mass is 16.1. The smallest absolute Gasteiger partial charge is 0.220 e. The third-order valence-corrected chi connectivity index (χ3v) is 2.88. The molecule has 6 nitrogen and oxygen atoms in total. The van der Waals surface area contributed by atoms with E-state index in [1.54, 1.807) is 6.20 Å². The topological polar surface area (TPSA) is 98.1 Å². The highest BCUT2D eigenvalue weighted by Crippen LogP contribution is 2.20. The summed E-state index contributed by atoms with van der Waals surface area (Å²) in [6, 6.07) is 0. The SMILES string of the molecule is NC(=O)C1CCN(c2cnc(N)cn2)CC1. The second kappa shape index (κ2) is 4.34. The van der Waals surface area contributed by atoms with Crippen LogP contribution in [0.1, 0.15) is 12.8 Å². The number of primary amides is 1. The first-order valence-electron chi connectivity index (χ1n) is 5.28. The minimum Gasteiger partial charge on any atom is -0.382 e. The maximum Gasteiger partial charge on any atom is 0.220 e. The van der Waals surface area contributed by atoms with Crippen molar-refractivity contribution in [3.8, 4) is 0 Å². The van der Waals surface area contributed by atoms with E-state index in [2.05, 4.69) is 14.9 Å². The Hall–Kier alpha value is -1.85. The lowest BCUT2D eigenvalue weighted by Gasteiger charge is -2.31. The van der Waals surface area contributed by atoms with Crippen LogP contribution < -0.4 is 16.4 Å². The van der Waals surface area contributed by atoms with Crippen LogP contribution in [0.25, 0.3) is 0 Å². The summed E-state index contributed by atoms with van der Waals surface area (Å²) in [6.07, 6.45) is 4.75. The number of nitrogens with two attached hydrogens (primary N) is 2. The molecular formula is C10H15N5O. The van der Waals surface area contributed by atoms with Crippen molar-refractivity contribution in [1.29, 1.82) is 0 Å². The molecule has 1 aliphatic rings. The zero-order chi connectivity index (χ0) is 11.5. The van der Waals surface area contributed by atoms with E-state index in [0.717, 1.165) is 31.7 Å². The van der Waals surface area contributed by atoms with E-state index in [9.17, 15) is 4.79 Å². The Morgan fingerprint density at radius 1 is 1.31 bits per heavy atom. The number of carbonyl (C=O) groups excluding carboxylic acids is 1. The van der Waals surface area contributed by atoms with E-state index in [4.69, 9.17) is 11.5 Å². The second-order valence-corrected chi connectivity index (χ2v) is 3.96. The number of nitrogens with zero attached hydrogens (tertiary/aromatic N) is 3. The number of hydrogen-bond donors (Lipinski definition) is 2. The number of hydrogen-bond acceptors (Lipinski definition) is 5. The van der Waals surface area contributed by atoms with Crippen LogP contribution in [0.2, 0.25) is 0 Å². The van der Waals surface area contributed by atoms with Gasteiger partial charge in [0.2, 0.25) is 5.91 Å². The van der Waals surface area contributed by atoms with Gasteiger partial charge in [-0.1, -0.05) is 0 Å². The number of carbonyl (C=O) groups is 1. The second-order valence-electron chi connectivity index (χ2n) is 3.96. The van der Waals surface area contributed by atoms with Crippen LogP contribution >= 0.6 is 0 Å². The molecule has 0 spiro atoms. The Labute approximate surface area is 93.7 Å². The lowest BCUT2D eigenvalue weighted by molar-refractivity contribution is -0.122. The Balaban J connectivity index is 1.99. The molecule has 0 bridgehead atoms. The molecule has 0 radical (unpaired) electrons. The van der Waals surface area contributed by atoms with Gasteiger partial charge in [0.25, 0.3) is 0 Å². The third-order valence-electron chi connectivity index (χ3n) is 2.88. The highest BCUT2D eigenvalue weighted by molar-refractivity contribution is 5.76. The number of anilines is 2. The molecule has 1 amide bonds. The predicted octanol–water partition coefficient (Wildman–Crippen LogP) is -0.240. The molecule has 4 N–H and O–H groups in total. The maximum atomic E-state index is 11.0. The van der Waals surface area contributed by atoms with Crippen molar-refractivity contribution in [2.75, 3.05) is 23.7 Å². The van der Waals surface area contributed by atoms with Crippen molar-refractivity contribution in [3.05, 3.63) is 12.4 Å². The van der Waals surface area contributed by atoms with E-state index < -0.39 is 0 Å². The summed E-state index contributed by atoms with van der Waals surface area (Å²) in [6.45, 7) is 1.57. The van der Waals surface area contributed by atoms with Crippen LogP contribution in [-0.4, -0.2) is 29.0 Å². The molecule has 0 unspecified atom stereocenters. The summed E-state index contributed by atoms with van der Waals surface area (Å²) < 4.78 is 0. The number of nitrogen functional groups attached to an aromatic ring is 1. The van der Waals surface area contributed by atoms with Crippen LogP contribution in [0.5, 0.6) is 0 Å². The van der Waals surface area contributed by atoms with Crippen LogP contribution in [0.4, 0.5) is 11.6 Å². The fourth-order valence-electron chi connectivity index (χ4n) is 1.89. The van der Waals surface area contributed by atoms with E-state index in [1.807, 2.05) is 0 Å². The molecule has 0 atom stereocenters. The molecule has 86 valence electrons. The van der Waals surface area contributed by atoms with Crippen LogP contribution in [0.15, 0.2) is 12.4 Å². The fraction of sp³-hybridized carbons (Fsp3) is 0.500. The number of piperidine rings is 1. The standard InChI is InChI=1S/C10H15N5O/c11-8-5-14-9(6-13-8)15-3-1-7(2-4-15)10(12)16/h5-7H,1-4H2,(H2,11,13)(H2,12,16). The molecule has 1 fully saturated rings. The van der Waals surface area contributed by atoms with Crippen molar-refractivity contribution in [2.45, 2.75) is 12.8 Å². The first-order chi connectivity index (χ1) is 7.66. The molecule has 1 aliphatic heterocycles. The summed E-state index contributed by atoms with van der Waals surface area (Å²) in [5.74, 6) is 1.01. The predicted molar refractivity (Wildman–Crippen MR) is 60.6 cm³/mol. The largest absolute Gasteiger partial charge is 0.382 e. The van der Waals surface area contributed by atoms with Crippen molar-refractivity contribution < 1.29 is 4.79 Å². The third kappa shape index (κ3) is 2.21. The van der Waals surface area contributed by atoms with Crippen molar-refractivity contribution in [1.82, 2.24) is 9.97 Å². The van der Waals surface area contributed by atoms with E-state index in [-0.39, 0.29) is 11.8 Å². The molecule has 2 rings (SSSR count). The van der Waals surface area contributed by atoms with Gasteiger partial charge in [0.05, 0.1) is 12.4 Å². The number of aromatic nitrogens is 2. The minimum atomic E-state index is -0.206. The monoisotopic (exact) mass is 221 g/mol. The van der Waals surface area contributed by atoms with Gasteiger partial charge in [-0.2, -0.15) is 0 Å². The summed E-state index contributed by atoms with van der Waals surface area (Å²) >= 11 is 0. The van der Waals surface area contributed by atoms with Crippen LogP contribution in [0, 0.1) is 5.92 Å². The molecule has 16 heavy (non-hydrogen) atoms. The quantitative estimate of drug-likeness (QED) is 0.718. The average molecular weight is 221 g/mol. The van der Waals surface area contributed by atoms with Gasteiger partial charge in [0.15, 0.2) is 0 Å². The van der Waals surface area contributed by atoms with Gasteiger partial charge in [0, 0.05) is 19.0 Å². The Kier molecular flexibility index (Phi) is 2.89. The fourth-order valence-corrected chi connectivity index (χ4v) is 1.89. The lowest BCUT2D eigenvalue weighted by Crippen LogP contribution is -2.38. The van der Waals surface area contributed by atoms with Gasteiger partial charge in [-0.15, -0.1) is 0 Å². The minimum absolute atomic E-state index is 0.00186. The van der Waals surface area contributed by atoms with Crippen LogP contribution in [-0.2, 0) is 4.79 Å². The summed E-state index contributed by atoms with van der Waals surface area (Å²) in [5.41, 5.74) is 10.7. The van der Waals surface area contributed by atoms with Gasteiger partial charge < -0.3 is 16.4 Å². The number of rotatable bonds is 2. The van der Waals surface area contributed by atoms with Crippen molar-refractivity contribution in [2.24, 2.45) is 11.7 Å². The first-order valence-corrected chi connectivity index (χ1v) is 5.28. The van der Waals surface area contributed by atoms with Gasteiger partial charge in [-0.25, -0.2) is 9.97 Å². The van der Waals surface area contributed by atoms with Crippen molar-refractivity contribution in [3.63, 3.8) is 0 Å². The maximum absolute atomic E-state index is 11.0. The zero-order valence-electron chi connectivity index (χ0n) is 8.97. The van der Waals surface area contributed by atoms with Gasteiger partial charge in [0.1, 0.15) is 11.6 Å². The lowest BCUT2D eigenvalue weighted by atomic mass is 9.96. The molecule has 1 aromatic rings. The molecule has 0 saturated carbocycles. The van der Waals surface area contributed by atoms with Gasteiger partial charge in [-0.3, -0.25) is 4.79 Å². The first kappa shape index (κ1) is 10.7. The zero-order valence-corrected chi connectivity index (χ0v) is 8.97. The van der Waals surface area contributed by atoms with E-state index >= 15 is 0 Å². The highest BCUT2D eigenvalue weighted by Gasteiger charge is 2.23. The van der Waals surface area contributed by atoms with Crippen LogP contribution in [0.3, 0.4) is 0 Å². The summed E-state index contributed by atoms with van der Waals surface area (Å²) in [5, 5.41) is 0. The molecule has 1 saturated heterocycles. The van der Waals surface area contributed by atoms with Gasteiger partial charge in [-0.05, 0) is 12.8 Å². The Bertz CT molecular complexity index is 369. The molecule has 0 aliphatic carbocycles. The summed E-state index contributed by atoms with van der Waals surface area (Å²) in [4.78, 5) is 21.3. The summed E-state index contributed by atoms with van der Waals surface area (Å²) in [7, 11) is 0. The number of amides is 1.